The molecule has 0 radical (unpaired) electrons. The van der Waals surface area contributed by atoms with Crippen molar-refractivity contribution < 1.29 is 19.5 Å². The van der Waals surface area contributed by atoms with Crippen LogP contribution in [0, 0.1) is 11.3 Å². The van der Waals surface area contributed by atoms with Crippen LogP contribution in [0.4, 0.5) is 0 Å². The summed E-state index contributed by atoms with van der Waals surface area (Å²) in [4.78, 5) is 17.5. The van der Waals surface area contributed by atoms with Gasteiger partial charge in [-0.15, -0.1) is 0 Å². The van der Waals surface area contributed by atoms with Crippen LogP contribution < -0.4 is 4.74 Å². The first-order valence-corrected chi connectivity index (χ1v) is 11.5. The van der Waals surface area contributed by atoms with Gasteiger partial charge in [0.2, 0.25) is 0 Å². The van der Waals surface area contributed by atoms with Crippen LogP contribution in [0.3, 0.4) is 0 Å². The summed E-state index contributed by atoms with van der Waals surface area (Å²) >= 11 is 0. The normalized spacial score (nSPS) is 28.0. The highest BCUT2D eigenvalue weighted by Gasteiger charge is 2.56. The molecule has 170 valence electrons. The van der Waals surface area contributed by atoms with Crippen LogP contribution in [0.15, 0.2) is 53.7 Å². The number of carboxylic acids is 1. The van der Waals surface area contributed by atoms with Gasteiger partial charge in [0.25, 0.3) is 0 Å². The van der Waals surface area contributed by atoms with E-state index in [0.29, 0.717) is 19.4 Å². The topological polar surface area (TPSA) is 68.1 Å². The van der Waals surface area contributed by atoms with Crippen LogP contribution in [0.5, 0.6) is 5.75 Å². The maximum atomic E-state index is 12.3. The molecule has 1 saturated carbocycles. The van der Waals surface area contributed by atoms with Gasteiger partial charge in [-0.25, -0.2) is 0 Å². The van der Waals surface area contributed by atoms with Gasteiger partial charge in [-0.05, 0) is 79.7 Å². The largest absolute Gasteiger partial charge is 0.494 e. The quantitative estimate of drug-likeness (QED) is 0.454. The number of aliphatic carboxylic acids is 1. The van der Waals surface area contributed by atoms with Gasteiger partial charge in [-0.3, -0.25) is 4.79 Å². The average Bonchev–Trinajstić information content (AvgIpc) is 2.79. The molecule has 0 aliphatic heterocycles. The Balaban J connectivity index is 1.60. The molecule has 2 aliphatic carbocycles. The van der Waals surface area contributed by atoms with Crippen LogP contribution >= 0.6 is 0 Å². The lowest BCUT2D eigenvalue weighted by molar-refractivity contribution is -0.156. The second-order valence-electron chi connectivity index (χ2n) is 9.62. The van der Waals surface area contributed by atoms with Crippen LogP contribution in [-0.4, -0.2) is 30.5 Å². The van der Waals surface area contributed by atoms with E-state index in [1.165, 1.54) is 5.56 Å². The van der Waals surface area contributed by atoms with Crippen molar-refractivity contribution in [2.24, 2.45) is 16.5 Å². The lowest BCUT2D eigenvalue weighted by Crippen LogP contribution is -2.53. The third-order valence-electron chi connectivity index (χ3n) is 7.66. The van der Waals surface area contributed by atoms with Crippen molar-refractivity contribution in [1.82, 2.24) is 0 Å². The summed E-state index contributed by atoms with van der Waals surface area (Å²) in [6.45, 7) is 4.76. The van der Waals surface area contributed by atoms with Gasteiger partial charge in [-0.2, -0.15) is 0 Å². The summed E-state index contributed by atoms with van der Waals surface area (Å²) in [5, 5.41) is 14.4. The number of benzene rings is 2. The van der Waals surface area contributed by atoms with E-state index in [2.05, 4.69) is 48.5 Å². The highest BCUT2D eigenvalue weighted by atomic mass is 16.6. The lowest BCUT2D eigenvalue weighted by atomic mass is 9.49. The molecule has 5 nitrogen and oxygen atoms in total. The zero-order valence-electron chi connectivity index (χ0n) is 19.3. The van der Waals surface area contributed by atoms with E-state index in [1.54, 1.807) is 7.11 Å². The molecule has 0 unspecified atom stereocenters. The van der Waals surface area contributed by atoms with Crippen molar-refractivity contribution in [2.45, 2.75) is 57.8 Å². The number of oxime groups is 1. The van der Waals surface area contributed by atoms with Crippen molar-refractivity contribution in [3.63, 3.8) is 0 Å². The molecule has 4 rings (SSSR count). The van der Waals surface area contributed by atoms with E-state index in [0.717, 1.165) is 48.3 Å². The molecule has 2 aliphatic rings. The minimum Gasteiger partial charge on any atom is -0.494 e. The zero-order chi connectivity index (χ0) is 22.8. The molecule has 32 heavy (non-hydrogen) atoms. The standard InChI is InChI=1S/C27H33NO4/c1-26-14-8-15-27(2,25(29)30)24(26)18-23(28-31-3)21-13-12-20(17-22(21)26)32-16-7-11-19-9-5-4-6-10-19/h4-6,9-10,12-13,17,24H,7-8,11,14-16,18H2,1-3H3,(H,29,30)/b28-23+/t24-,26-,27+/m1/s1. The van der Waals surface area contributed by atoms with Gasteiger partial charge >= 0.3 is 5.97 Å². The number of hydrogen-bond acceptors (Lipinski definition) is 4. The predicted octanol–water partition coefficient (Wildman–Crippen LogP) is 5.60. The number of aryl methyl sites for hydroxylation is 1. The van der Waals surface area contributed by atoms with E-state index >= 15 is 0 Å². The fourth-order valence-electron chi connectivity index (χ4n) is 5.85. The first-order chi connectivity index (χ1) is 15.4. The zero-order valence-corrected chi connectivity index (χ0v) is 19.3. The van der Waals surface area contributed by atoms with Crippen LogP contribution in [0.25, 0.3) is 0 Å². The molecule has 0 bridgehead atoms. The highest BCUT2D eigenvalue weighted by Crippen LogP contribution is 2.57. The molecule has 0 amide bonds. The third-order valence-corrected chi connectivity index (χ3v) is 7.66. The Morgan fingerprint density at radius 3 is 2.66 bits per heavy atom. The molecule has 2 aromatic rings. The smallest absolute Gasteiger partial charge is 0.309 e. The monoisotopic (exact) mass is 435 g/mol. The van der Waals surface area contributed by atoms with Gasteiger partial charge in [0, 0.05) is 5.56 Å². The van der Waals surface area contributed by atoms with Crippen molar-refractivity contribution in [3.8, 4) is 5.75 Å². The molecular formula is C27H33NO4. The Morgan fingerprint density at radius 1 is 1.16 bits per heavy atom. The molecule has 0 spiro atoms. The van der Waals surface area contributed by atoms with Gasteiger partial charge in [0.05, 0.1) is 17.7 Å². The van der Waals surface area contributed by atoms with E-state index in [4.69, 9.17) is 9.57 Å². The Hall–Kier alpha value is -2.82. The average molecular weight is 436 g/mol. The molecule has 2 aromatic carbocycles. The highest BCUT2D eigenvalue weighted by molar-refractivity contribution is 6.04. The summed E-state index contributed by atoms with van der Waals surface area (Å²) in [7, 11) is 1.54. The second kappa shape index (κ2) is 8.97. The number of carboxylic acid groups (broad SMARTS) is 1. The number of hydrogen-bond donors (Lipinski definition) is 1. The first kappa shape index (κ1) is 22.4. The Morgan fingerprint density at radius 2 is 1.94 bits per heavy atom. The second-order valence-corrected chi connectivity index (χ2v) is 9.62. The van der Waals surface area contributed by atoms with Crippen LogP contribution in [-0.2, 0) is 21.5 Å². The fourth-order valence-corrected chi connectivity index (χ4v) is 5.85. The SMILES string of the molecule is CO/N=C1\C[C@H]2[C@@](C)(C(=O)O)CCC[C@]2(C)c2cc(OCCCc3ccccc3)ccc21. The number of carbonyl (C=O) groups is 1. The Labute approximate surface area is 190 Å². The maximum Gasteiger partial charge on any atom is 0.309 e. The van der Waals surface area contributed by atoms with Gasteiger partial charge in [0.15, 0.2) is 0 Å². The number of ether oxygens (including phenoxy) is 1. The van der Waals surface area contributed by atoms with E-state index < -0.39 is 11.4 Å². The number of fused-ring (bicyclic) bond motifs is 3. The van der Waals surface area contributed by atoms with Crippen molar-refractivity contribution in [3.05, 3.63) is 65.2 Å². The minimum atomic E-state index is -0.786. The molecule has 1 fully saturated rings. The summed E-state index contributed by atoms with van der Waals surface area (Å²) in [6.07, 6.45) is 5.08. The van der Waals surface area contributed by atoms with Crippen LogP contribution in [0.2, 0.25) is 0 Å². The summed E-state index contributed by atoms with van der Waals surface area (Å²) in [5.74, 6) is 0.0657. The molecule has 0 saturated heterocycles. The molecule has 5 heteroatoms. The molecular weight excluding hydrogens is 402 g/mol. The molecule has 0 aromatic heterocycles. The third kappa shape index (κ3) is 4.01. The maximum absolute atomic E-state index is 12.3. The van der Waals surface area contributed by atoms with Gasteiger partial charge < -0.3 is 14.7 Å². The van der Waals surface area contributed by atoms with Crippen molar-refractivity contribution in [1.29, 1.82) is 0 Å². The fraction of sp³-hybridized carbons (Fsp3) is 0.481. The van der Waals surface area contributed by atoms with Gasteiger partial charge in [-0.1, -0.05) is 48.8 Å². The summed E-state index contributed by atoms with van der Waals surface area (Å²) < 4.78 is 6.13. The van der Waals surface area contributed by atoms with Crippen molar-refractivity contribution >= 4 is 11.7 Å². The van der Waals surface area contributed by atoms with Gasteiger partial charge in [0.1, 0.15) is 12.9 Å². The first-order valence-electron chi connectivity index (χ1n) is 11.5. The van der Waals surface area contributed by atoms with E-state index in [-0.39, 0.29) is 11.3 Å². The summed E-state index contributed by atoms with van der Waals surface area (Å²) in [6, 6.07) is 16.6. The lowest BCUT2D eigenvalue weighted by Gasteiger charge is -2.53. The molecule has 3 atom stereocenters. The Kier molecular flexibility index (Phi) is 6.27. The number of rotatable bonds is 7. The van der Waals surface area contributed by atoms with Crippen molar-refractivity contribution in [2.75, 3.05) is 13.7 Å². The molecule has 0 heterocycles. The summed E-state index contributed by atoms with van der Waals surface area (Å²) in [5.41, 5.74) is 3.31. The predicted molar refractivity (Wildman–Crippen MR) is 125 cm³/mol. The number of nitrogens with zero attached hydrogens (tertiary/aromatic N) is 1. The van der Waals surface area contributed by atoms with Crippen LogP contribution in [0.1, 0.15) is 62.6 Å². The minimum absolute atomic E-state index is 0.0454. The van der Waals surface area contributed by atoms with E-state index in [1.807, 2.05) is 19.1 Å². The Bertz CT molecular complexity index is 1000. The van der Waals surface area contributed by atoms with E-state index in [9.17, 15) is 9.90 Å². The molecule has 1 N–H and O–H groups in total.